The van der Waals surface area contributed by atoms with E-state index in [9.17, 15) is 27.9 Å². The van der Waals surface area contributed by atoms with Gasteiger partial charge in [0.25, 0.3) is 5.91 Å². The summed E-state index contributed by atoms with van der Waals surface area (Å²) in [7, 11) is 0. The molecule has 6 nitrogen and oxygen atoms in total. The monoisotopic (exact) mass is 431 g/mol. The van der Waals surface area contributed by atoms with Gasteiger partial charge in [-0.1, -0.05) is 33.3 Å². The number of amides is 2. The van der Waals surface area contributed by atoms with Gasteiger partial charge in [0.15, 0.2) is 0 Å². The maximum absolute atomic E-state index is 12.8. The van der Waals surface area contributed by atoms with Crippen LogP contribution in [-0.4, -0.2) is 48.7 Å². The third-order valence-corrected chi connectivity index (χ3v) is 4.52. The number of halogens is 3. The molecule has 2 amide bonds. The lowest BCUT2D eigenvalue weighted by Gasteiger charge is -2.24. The van der Waals surface area contributed by atoms with Gasteiger partial charge in [0.05, 0.1) is 24.3 Å². The van der Waals surface area contributed by atoms with Crippen molar-refractivity contribution >= 4 is 11.8 Å². The van der Waals surface area contributed by atoms with E-state index in [-0.39, 0.29) is 5.56 Å². The predicted molar refractivity (Wildman–Crippen MR) is 109 cm³/mol. The Morgan fingerprint density at radius 2 is 1.87 bits per heavy atom. The second-order valence-electron chi connectivity index (χ2n) is 7.68. The minimum Gasteiger partial charge on any atom is -0.391 e. The number of aliphatic hydroxyl groups is 1. The topological polar surface area (TPSA) is 90.5 Å². The van der Waals surface area contributed by atoms with Crippen molar-refractivity contribution in [2.75, 3.05) is 19.6 Å². The van der Waals surface area contributed by atoms with Crippen LogP contribution in [0.3, 0.4) is 0 Å². The van der Waals surface area contributed by atoms with Crippen molar-refractivity contribution < 1.29 is 27.9 Å². The number of rotatable bonds is 12. The molecule has 0 radical (unpaired) electrons. The maximum Gasteiger partial charge on any atom is 0.416 e. The summed E-state index contributed by atoms with van der Waals surface area (Å²) < 4.78 is 38.3. The molecule has 170 valence electrons. The number of hydrogen-bond donors (Lipinski definition) is 4. The molecule has 0 unspecified atom stereocenters. The Bertz CT molecular complexity index is 681. The van der Waals surface area contributed by atoms with Gasteiger partial charge in [-0.05, 0) is 43.5 Å². The van der Waals surface area contributed by atoms with Gasteiger partial charge in [-0.25, -0.2) is 0 Å². The third-order valence-electron chi connectivity index (χ3n) is 4.52. The SMILES string of the molecule is CCC[C@H](O)[C@H](CNCCC(C)C)NC(=O)CNC(=O)c1cccc(C(F)(F)F)c1. The highest BCUT2D eigenvalue weighted by molar-refractivity contribution is 5.96. The second kappa shape index (κ2) is 12.5. The van der Waals surface area contributed by atoms with Crippen molar-refractivity contribution in [1.82, 2.24) is 16.0 Å². The van der Waals surface area contributed by atoms with E-state index in [2.05, 4.69) is 29.8 Å². The molecule has 1 rings (SSSR count). The Morgan fingerprint density at radius 1 is 1.17 bits per heavy atom. The molecule has 0 aliphatic rings. The highest BCUT2D eigenvalue weighted by atomic mass is 19.4. The summed E-state index contributed by atoms with van der Waals surface area (Å²) in [6.45, 7) is 6.83. The Hall–Kier alpha value is -2.13. The zero-order valence-corrected chi connectivity index (χ0v) is 17.7. The largest absolute Gasteiger partial charge is 0.416 e. The van der Waals surface area contributed by atoms with Gasteiger partial charge in [-0.3, -0.25) is 9.59 Å². The van der Waals surface area contributed by atoms with Crippen LogP contribution in [0.25, 0.3) is 0 Å². The molecule has 0 bridgehead atoms. The van der Waals surface area contributed by atoms with Gasteiger partial charge in [0, 0.05) is 12.1 Å². The lowest BCUT2D eigenvalue weighted by Crippen LogP contribution is -2.51. The summed E-state index contributed by atoms with van der Waals surface area (Å²) in [5, 5.41) is 18.5. The van der Waals surface area contributed by atoms with E-state index in [1.54, 1.807) is 0 Å². The number of alkyl halides is 3. The van der Waals surface area contributed by atoms with Crippen molar-refractivity contribution in [2.24, 2.45) is 5.92 Å². The van der Waals surface area contributed by atoms with Crippen LogP contribution in [-0.2, 0) is 11.0 Å². The minimum absolute atomic E-state index is 0.185. The summed E-state index contributed by atoms with van der Waals surface area (Å²) in [6, 6.07) is 3.46. The molecule has 0 aliphatic carbocycles. The van der Waals surface area contributed by atoms with Crippen LogP contribution in [0.2, 0.25) is 0 Å². The summed E-state index contributed by atoms with van der Waals surface area (Å²) in [4.78, 5) is 24.3. The van der Waals surface area contributed by atoms with Crippen LogP contribution in [0.5, 0.6) is 0 Å². The zero-order valence-electron chi connectivity index (χ0n) is 17.7. The number of benzene rings is 1. The van der Waals surface area contributed by atoms with Crippen LogP contribution < -0.4 is 16.0 Å². The number of carbonyl (C=O) groups is 2. The van der Waals surface area contributed by atoms with Gasteiger partial charge < -0.3 is 21.1 Å². The van der Waals surface area contributed by atoms with E-state index < -0.39 is 42.2 Å². The first-order chi connectivity index (χ1) is 14.0. The normalized spacial score (nSPS) is 13.7. The Labute approximate surface area is 175 Å². The van der Waals surface area contributed by atoms with Crippen LogP contribution in [0.4, 0.5) is 13.2 Å². The average molecular weight is 431 g/mol. The lowest BCUT2D eigenvalue weighted by molar-refractivity contribution is -0.137. The molecule has 0 fully saturated rings. The molecule has 0 saturated carbocycles. The van der Waals surface area contributed by atoms with Gasteiger partial charge >= 0.3 is 6.18 Å². The van der Waals surface area contributed by atoms with Gasteiger partial charge in [0.2, 0.25) is 5.91 Å². The summed E-state index contributed by atoms with van der Waals surface area (Å²) in [6.07, 6.45) is -3.10. The number of carbonyl (C=O) groups excluding carboxylic acids is 2. The summed E-state index contributed by atoms with van der Waals surface area (Å²) in [5.41, 5.74) is -1.12. The fourth-order valence-electron chi connectivity index (χ4n) is 2.79. The first kappa shape index (κ1) is 25.9. The molecule has 1 aromatic carbocycles. The van der Waals surface area contributed by atoms with Crippen LogP contribution in [0.15, 0.2) is 24.3 Å². The molecule has 0 aromatic heterocycles. The van der Waals surface area contributed by atoms with E-state index in [0.29, 0.717) is 18.9 Å². The summed E-state index contributed by atoms with van der Waals surface area (Å²) >= 11 is 0. The Balaban J connectivity index is 2.60. The molecule has 30 heavy (non-hydrogen) atoms. The third kappa shape index (κ3) is 9.58. The smallest absolute Gasteiger partial charge is 0.391 e. The lowest BCUT2D eigenvalue weighted by atomic mass is 10.1. The van der Waals surface area contributed by atoms with Crippen LogP contribution >= 0.6 is 0 Å². The number of nitrogens with one attached hydrogen (secondary N) is 3. The van der Waals surface area contributed by atoms with Crippen molar-refractivity contribution in [1.29, 1.82) is 0 Å². The first-order valence-corrected chi connectivity index (χ1v) is 10.2. The summed E-state index contributed by atoms with van der Waals surface area (Å²) in [5.74, 6) is -0.782. The molecule has 0 spiro atoms. The Morgan fingerprint density at radius 3 is 2.47 bits per heavy atom. The molecular weight excluding hydrogens is 399 g/mol. The van der Waals surface area contributed by atoms with Crippen molar-refractivity contribution in [3.05, 3.63) is 35.4 Å². The van der Waals surface area contributed by atoms with Crippen molar-refractivity contribution in [3.8, 4) is 0 Å². The van der Waals surface area contributed by atoms with Crippen LogP contribution in [0, 0.1) is 5.92 Å². The van der Waals surface area contributed by atoms with E-state index in [1.165, 1.54) is 6.07 Å². The van der Waals surface area contributed by atoms with Crippen molar-refractivity contribution in [2.45, 2.75) is 58.4 Å². The molecule has 2 atom stereocenters. The van der Waals surface area contributed by atoms with E-state index in [4.69, 9.17) is 0 Å². The molecular formula is C21H32F3N3O3. The highest BCUT2D eigenvalue weighted by Gasteiger charge is 2.31. The molecule has 4 N–H and O–H groups in total. The first-order valence-electron chi connectivity index (χ1n) is 10.2. The zero-order chi connectivity index (χ0) is 22.7. The standard InChI is InChI=1S/C21H32F3N3O3/c1-4-6-18(28)17(12-25-10-9-14(2)3)27-19(29)13-26-20(30)15-7-5-8-16(11-15)21(22,23)24/h5,7-8,11,14,17-18,25,28H,4,6,9-10,12-13H2,1-3H3,(H,26,30)(H,27,29)/t17-,18-/m0/s1. The Kier molecular flexibility index (Phi) is 10.8. The van der Waals surface area contributed by atoms with Crippen LogP contribution in [0.1, 0.15) is 56.0 Å². The minimum atomic E-state index is -4.56. The van der Waals surface area contributed by atoms with Gasteiger partial charge in [-0.2, -0.15) is 13.2 Å². The molecule has 9 heteroatoms. The number of hydrogen-bond acceptors (Lipinski definition) is 4. The molecule has 0 aliphatic heterocycles. The van der Waals surface area contributed by atoms with E-state index >= 15 is 0 Å². The molecule has 0 heterocycles. The quantitative estimate of drug-likeness (QED) is 0.383. The van der Waals surface area contributed by atoms with Crippen molar-refractivity contribution in [3.63, 3.8) is 0 Å². The van der Waals surface area contributed by atoms with E-state index in [1.807, 2.05) is 6.92 Å². The predicted octanol–water partition coefficient (Wildman–Crippen LogP) is 2.72. The molecule has 1 aromatic rings. The van der Waals surface area contributed by atoms with Gasteiger partial charge in [-0.15, -0.1) is 0 Å². The maximum atomic E-state index is 12.8. The number of aliphatic hydroxyl groups excluding tert-OH is 1. The average Bonchev–Trinajstić information content (AvgIpc) is 2.67. The molecule has 0 saturated heterocycles. The fraction of sp³-hybridized carbons (Fsp3) is 0.619. The van der Waals surface area contributed by atoms with E-state index in [0.717, 1.165) is 37.6 Å². The fourth-order valence-corrected chi connectivity index (χ4v) is 2.79. The second-order valence-corrected chi connectivity index (χ2v) is 7.68. The van der Waals surface area contributed by atoms with Gasteiger partial charge in [0.1, 0.15) is 0 Å². The highest BCUT2D eigenvalue weighted by Crippen LogP contribution is 2.29.